The molecule has 0 saturated heterocycles. The Balaban J connectivity index is 2.94. The number of nitrogens with one attached hydrogen (secondary N) is 1. The molecule has 1 aromatic carbocycles. The predicted molar refractivity (Wildman–Crippen MR) is 71.0 cm³/mol. The van der Waals surface area contributed by atoms with Crippen LogP contribution in [-0.4, -0.2) is 23.0 Å². The number of carbonyl (C=O) groups excluding carboxylic acids is 1. The van der Waals surface area contributed by atoms with Crippen molar-refractivity contribution in [2.75, 3.05) is 0 Å². The number of nitrogens with zero attached hydrogens (tertiary/aromatic N) is 1. The fourth-order valence-electron chi connectivity index (χ4n) is 1.60. The molecule has 5 nitrogen and oxygen atoms in total. The van der Waals surface area contributed by atoms with Crippen molar-refractivity contribution in [2.24, 2.45) is 10.9 Å². The van der Waals surface area contributed by atoms with Crippen LogP contribution in [0.1, 0.15) is 30.1 Å². The minimum absolute atomic E-state index is 0.00672. The second-order valence-electron chi connectivity index (χ2n) is 3.94. The van der Waals surface area contributed by atoms with E-state index in [9.17, 15) is 9.18 Å². The molecule has 1 unspecified atom stereocenters. The maximum atomic E-state index is 13.6. The number of amidine groups is 1. The summed E-state index contributed by atoms with van der Waals surface area (Å²) < 4.78 is 13.6. The number of oxime groups is 1. The molecule has 0 aliphatic carbocycles. The maximum Gasteiger partial charge on any atom is 0.256 e. The van der Waals surface area contributed by atoms with E-state index in [0.717, 1.165) is 6.07 Å². The number of carbonyl (C=O) groups is 1. The number of benzene rings is 1. The van der Waals surface area contributed by atoms with Gasteiger partial charge in [-0.05, 0) is 18.6 Å². The molecule has 0 aliphatic rings. The summed E-state index contributed by atoms with van der Waals surface area (Å²) >= 11 is 5.79. The molecular weight excluding hydrogens is 273 g/mol. The van der Waals surface area contributed by atoms with Crippen LogP contribution < -0.4 is 11.1 Å². The van der Waals surface area contributed by atoms with Crippen LogP contribution in [0, 0.1) is 5.82 Å². The third-order valence-electron chi connectivity index (χ3n) is 2.54. The van der Waals surface area contributed by atoms with E-state index in [-0.39, 0.29) is 16.4 Å². The number of hydrogen-bond donors (Lipinski definition) is 3. The van der Waals surface area contributed by atoms with Crippen molar-refractivity contribution in [3.63, 3.8) is 0 Å². The van der Waals surface area contributed by atoms with Gasteiger partial charge in [0, 0.05) is 0 Å². The van der Waals surface area contributed by atoms with Crippen molar-refractivity contribution < 1.29 is 14.4 Å². The zero-order chi connectivity index (χ0) is 14.4. The summed E-state index contributed by atoms with van der Waals surface area (Å²) in [5.74, 6) is -1.56. The predicted octanol–water partition coefficient (Wildman–Crippen LogP) is 2.12. The van der Waals surface area contributed by atoms with Gasteiger partial charge in [-0.25, -0.2) is 4.39 Å². The lowest BCUT2D eigenvalue weighted by atomic mass is 10.1. The van der Waals surface area contributed by atoms with Crippen LogP contribution in [0.15, 0.2) is 23.4 Å². The van der Waals surface area contributed by atoms with Gasteiger partial charge in [0.1, 0.15) is 5.82 Å². The molecule has 0 heterocycles. The van der Waals surface area contributed by atoms with Crippen LogP contribution in [0.3, 0.4) is 0 Å². The molecule has 0 saturated carbocycles. The Morgan fingerprint density at radius 1 is 1.63 bits per heavy atom. The van der Waals surface area contributed by atoms with E-state index in [4.69, 9.17) is 22.5 Å². The minimum Gasteiger partial charge on any atom is -0.409 e. The normalized spacial score (nSPS) is 13.1. The van der Waals surface area contributed by atoms with Crippen LogP contribution in [0.4, 0.5) is 4.39 Å². The lowest BCUT2D eigenvalue weighted by molar-refractivity contribution is 0.0941. The summed E-state index contributed by atoms with van der Waals surface area (Å²) in [5.41, 5.74) is 5.21. The Labute approximate surface area is 115 Å². The molecule has 0 aromatic heterocycles. The zero-order valence-corrected chi connectivity index (χ0v) is 11.1. The van der Waals surface area contributed by atoms with Gasteiger partial charge in [0.2, 0.25) is 0 Å². The molecule has 0 bridgehead atoms. The fourth-order valence-corrected chi connectivity index (χ4v) is 1.85. The maximum absolute atomic E-state index is 13.6. The molecule has 4 N–H and O–H groups in total. The van der Waals surface area contributed by atoms with Crippen LogP contribution in [-0.2, 0) is 0 Å². The van der Waals surface area contributed by atoms with Crippen molar-refractivity contribution in [1.29, 1.82) is 0 Å². The Bertz CT molecular complexity index is 474. The molecule has 1 aromatic rings. The van der Waals surface area contributed by atoms with Gasteiger partial charge in [0.15, 0.2) is 5.84 Å². The third-order valence-corrected chi connectivity index (χ3v) is 2.86. The summed E-state index contributed by atoms with van der Waals surface area (Å²) in [6.07, 6.45) is 1.17. The first-order valence-electron chi connectivity index (χ1n) is 5.73. The summed E-state index contributed by atoms with van der Waals surface area (Å²) in [6, 6.07) is 3.29. The quantitative estimate of drug-likeness (QED) is 0.335. The average molecular weight is 288 g/mol. The van der Waals surface area contributed by atoms with E-state index in [1.807, 2.05) is 6.92 Å². The molecule has 7 heteroatoms. The number of halogens is 2. The molecule has 1 rings (SSSR count). The monoisotopic (exact) mass is 287 g/mol. The first-order chi connectivity index (χ1) is 9.01. The highest BCUT2D eigenvalue weighted by molar-refractivity contribution is 6.33. The van der Waals surface area contributed by atoms with Crippen molar-refractivity contribution in [2.45, 2.75) is 25.8 Å². The van der Waals surface area contributed by atoms with Crippen molar-refractivity contribution in [1.82, 2.24) is 5.32 Å². The Morgan fingerprint density at radius 2 is 2.32 bits per heavy atom. The van der Waals surface area contributed by atoms with Crippen LogP contribution in [0.25, 0.3) is 0 Å². The molecule has 19 heavy (non-hydrogen) atoms. The molecule has 0 spiro atoms. The largest absolute Gasteiger partial charge is 0.409 e. The number of nitrogens with two attached hydrogens (primary N) is 1. The van der Waals surface area contributed by atoms with Gasteiger partial charge >= 0.3 is 0 Å². The second kappa shape index (κ2) is 6.94. The number of rotatable bonds is 5. The fraction of sp³-hybridized carbons (Fsp3) is 0.333. The van der Waals surface area contributed by atoms with Crippen LogP contribution >= 0.6 is 11.6 Å². The topological polar surface area (TPSA) is 87.7 Å². The van der Waals surface area contributed by atoms with Gasteiger partial charge in [-0.2, -0.15) is 0 Å². The summed E-state index contributed by atoms with van der Waals surface area (Å²) in [5, 5.41) is 14.0. The van der Waals surface area contributed by atoms with Gasteiger partial charge < -0.3 is 16.3 Å². The highest BCUT2D eigenvalue weighted by atomic mass is 35.5. The Morgan fingerprint density at radius 3 is 2.84 bits per heavy atom. The smallest absolute Gasteiger partial charge is 0.256 e. The van der Waals surface area contributed by atoms with Gasteiger partial charge in [0.05, 0.1) is 16.6 Å². The van der Waals surface area contributed by atoms with E-state index in [0.29, 0.717) is 12.8 Å². The van der Waals surface area contributed by atoms with Crippen molar-refractivity contribution >= 4 is 23.3 Å². The molecule has 1 atom stereocenters. The molecule has 1 amide bonds. The van der Waals surface area contributed by atoms with E-state index in [1.54, 1.807) is 0 Å². The molecule has 0 aliphatic heterocycles. The van der Waals surface area contributed by atoms with E-state index in [1.165, 1.54) is 12.1 Å². The van der Waals surface area contributed by atoms with Crippen molar-refractivity contribution in [3.8, 4) is 0 Å². The highest BCUT2D eigenvalue weighted by Gasteiger charge is 2.21. The van der Waals surface area contributed by atoms with Gasteiger partial charge in [-0.15, -0.1) is 0 Å². The average Bonchev–Trinajstić information content (AvgIpc) is 2.37. The number of amides is 1. The van der Waals surface area contributed by atoms with E-state index in [2.05, 4.69) is 10.5 Å². The molecule has 0 radical (unpaired) electrons. The lowest BCUT2D eigenvalue weighted by Crippen LogP contribution is -2.44. The Kier molecular flexibility index (Phi) is 5.57. The highest BCUT2D eigenvalue weighted by Crippen LogP contribution is 2.19. The number of hydrogen-bond acceptors (Lipinski definition) is 3. The molecule has 0 fully saturated rings. The van der Waals surface area contributed by atoms with Gasteiger partial charge in [0.25, 0.3) is 5.91 Å². The van der Waals surface area contributed by atoms with E-state index >= 15 is 0 Å². The first-order valence-corrected chi connectivity index (χ1v) is 6.11. The minimum atomic E-state index is -0.722. The molecular formula is C12H15ClFN3O2. The summed E-state index contributed by atoms with van der Waals surface area (Å²) in [6.45, 7) is 1.87. The Hall–Kier alpha value is -1.82. The SMILES string of the molecule is CCCC(NC(=O)c1c(F)cccc1Cl)/C(N)=N/O. The van der Waals surface area contributed by atoms with Gasteiger partial charge in [-0.3, -0.25) is 4.79 Å². The van der Waals surface area contributed by atoms with Gasteiger partial charge in [-0.1, -0.05) is 36.2 Å². The second-order valence-corrected chi connectivity index (χ2v) is 4.34. The summed E-state index contributed by atoms with van der Waals surface area (Å²) in [4.78, 5) is 12.0. The lowest BCUT2D eigenvalue weighted by Gasteiger charge is -2.17. The van der Waals surface area contributed by atoms with Crippen LogP contribution in [0.5, 0.6) is 0 Å². The molecule has 104 valence electrons. The zero-order valence-electron chi connectivity index (χ0n) is 10.4. The van der Waals surface area contributed by atoms with E-state index < -0.39 is 17.8 Å². The standard InChI is InChI=1S/C12H15ClFN3O2/c1-2-4-9(11(15)17-19)16-12(18)10-7(13)5-3-6-8(10)14/h3,5-6,9,19H,2,4H2,1H3,(H2,15,17)(H,16,18). The first kappa shape index (κ1) is 15.2. The van der Waals surface area contributed by atoms with Crippen LogP contribution in [0.2, 0.25) is 5.02 Å². The third kappa shape index (κ3) is 3.82. The summed E-state index contributed by atoms with van der Waals surface area (Å²) in [7, 11) is 0. The van der Waals surface area contributed by atoms with Crippen molar-refractivity contribution in [3.05, 3.63) is 34.6 Å².